The molecule has 102 valence electrons. The Morgan fingerprint density at radius 2 is 1.89 bits per heavy atom. The fraction of sp³-hybridized carbons (Fsp3) is 0.571. The molecular weight excluding hydrogens is 230 g/mol. The van der Waals surface area contributed by atoms with Crippen molar-refractivity contribution in [3.05, 3.63) is 29.3 Å². The zero-order valence-electron chi connectivity index (χ0n) is 11.4. The molecule has 0 aliphatic rings. The molecule has 0 aliphatic carbocycles. The van der Waals surface area contributed by atoms with Crippen molar-refractivity contribution in [3.8, 4) is 5.75 Å². The highest BCUT2D eigenvalue weighted by atomic mass is 16.5. The molecule has 0 spiro atoms. The molecule has 2 N–H and O–H groups in total. The number of nitrogens with one attached hydrogen (secondary N) is 1. The second-order valence-electron chi connectivity index (χ2n) is 4.49. The van der Waals surface area contributed by atoms with Gasteiger partial charge in [0.1, 0.15) is 18.5 Å². The van der Waals surface area contributed by atoms with Crippen LogP contribution in [0, 0.1) is 13.8 Å². The van der Waals surface area contributed by atoms with Gasteiger partial charge in [0, 0.05) is 20.2 Å². The van der Waals surface area contributed by atoms with Crippen molar-refractivity contribution in [2.24, 2.45) is 0 Å². The van der Waals surface area contributed by atoms with Gasteiger partial charge in [-0.1, -0.05) is 6.07 Å². The maximum Gasteiger partial charge on any atom is 0.119 e. The monoisotopic (exact) mass is 253 g/mol. The Morgan fingerprint density at radius 3 is 2.50 bits per heavy atom. The highest BCUT2D eigenvalue weighted by Crippen LogP contribution is 2.16. The van der Waals surface area contributed by atoms with Gasteiger partial charge in [0.05, 0.1) is 6.61 Å². The number of rotatable bonds is 8. The van der Waals surface area contributed by atoms with E-state index in [-0.39, 0.29) is 0 Å². The summed E-state index contributed by atoms with van der Waals surface area (Å²) in [5.41, 5.74) is 2.33. The van der Waals surface area contributed by atoms with Crippen LogP contribution in [-0.4, -0.2) is 44.6 Å². The number of hydrogen-bond donors (Lipinski definition) is 2. The normalized spacial score (nSPS) is 12.4. The smallest absolute Gasteiger partial charge is 0.119 e. The number of ether oxygens (including phenoxy) is 2. The lowest BCUT2D eigenvalue weighted by molar-refractivity contribution is 0.103. The lowest BCUT2D eigenvalue weighted by atomic mass is 10.1. The summed E-state index contributed by atoms with van der Waals surface area (Å²) in [4.78, 5) is 0. The van der Waals surface area contributed by atoms with Crippen LogP contribution in [-0.2, 0) is 4.74 Å². The van der Waals surface area contributed by atoms with Crippen LogP contribution >= 0.6 is 0 Å². The summed E-state index contributed by atoms with van der Waals surface area (Å²) in [5, 5.41) is 12.8. The second-order valence-corrected chi connectivity index (χ2v) is 4.49. The van der Waals surface area contributed by atoms with Gasteiger partial charge in [-0.05, 0) is 37.1 Å². The van der Waals surface area contributed by atoms with Crippen LogP contribution < -0.4 is 10.1 Å². The minimum Gasteiger partial charge on any atom is -0.491 e. The summed E-state index contributed by atoms with van der Waals surface area (Å²) in [7, 11) is 1.65. The zero-order valence-corrected chi connectivity index (χ0v) is 11.4. The summed E-state index contributed by atoms with van der Waals surface area (Å²) in [6.07, 6.45) is -0.511. The first-order chi connectivity index (χ1) is 8.61. The van der Waals surface area contributed by atoms with E-state index in [0.29, 0.717) is 19.8 Å². The Bertz CT molecular complexity index is 335. The molecule has 18 heavy (non-hydrogen) atoms. The highest BCUT2D eigenvalue weighted by Gasteiger charge is 2.05. The van der Waals surface area contributed by atoms with E-state index < -0.39 is 6.10 Å². The van der Waals surface area contributed by atoms with Gasteiger partial charge in [0.15, 0.2) is 0 Å². The third-order valence-corrected chi connectivity index (χ3v) is 2.50. The lowest BCUT2D eigenvalue weighted by Crippen LogP contribution is -2.33. The van der Waals surface area contributed by atoms with Crippen LogP contribution in [0.4, 0.5) is 0 Å². The second kappa shape index (κ2) is 8.08. The van der Waals surface area contributed by atoms with Gasteiger partial charge in [-0.25, -0.2) is 0 Å². The quantitative estimate of drug-likeness (QED) is 0.685. The average molecular weight is 253 g/mol. The van der Waals surface area contributed by atoms with Gasteiger partial charge in [0.2, 0.25) is 0 Å². The fourth-order valence-electron chi connectivity index (χ4n) is 1.71. The third kappa shape index (κ3) is 6.00. The number of methoxy groups -OCH3 is 1. The third-order valence-electron chi connectivity index (χ3n) is 2.50. The van der Waals surface area contributed by atoms with E-state index in [4.69, 9.17) is 9.47 Å². The molecule has 0 radical (unpaired) electrons. The molecule has 1 atom stereocenters. The molecule has 0 amide bonds. The fourth-order valence-corrected chi connectivity index (χ4v) is 1.71. The molecule has 0 saturated heterocycles. The molecule has 0 aromatic heterocycles. The summed E-state index contributed by atoms with van der Waals surface area (Å²) < 4.78 is 10.5. The summed E-state index contributed by atoms with van der Waals surface area (Å²) >= 11 is 0. The van der Waals surface area contributed by atoms with Crippen molar-refractivity contribution in [2.75, 3.05) is 33.4 Å². The Hall–Kier alpha value is -1.10. The van der Waals surface area contributed by atoms with Crippen molar-refractivity contribution in [2.45, 2.75) is 20.0 Å². The van der Waals surface area contributed by atoms with E-state index in [1.807, 2.05) is 26.0 Å². The largest absolute Gasteiger partial charge is 0.491 e. The number of aliphatic hydroxyl groups is 1. The number of aliphatic hydroxyl groups excluding tert-OH is 1. The van der Waals surface area contributed by atoms with E-state index in [2.05, 4.69) is 11.4 Å². The van der Waals surface area contributed by atoms with Crippen molar-refractivity contribution in [1.29, 1.82) is 0 Å². The van der Waals surface area contributed by atoms with Gasteiger partial charge >= 0.3 is 0 Å². The Morgan fingerprint density at radius 1 is 1.22 bits per heavy atom. The molecule has 0 aliphatic heterocycles. The van der Waals surface area contributed by atoms with Crippen LogP contribution in [0.15, 0.2) is 18.2 Å². The SMILES string of the molecule is COCCNCC(O)COc1cc(C)cc(C)c1. The van der Waals surface area contributed by atoms with E-state index in [1.165, 1.54) is 0 Å². The molecule has 4 nitrogen and oxygen atoms in total. The van der Waals surface area contributed by atoms with E-state index >= 15 is 0 Å². The molecule has 0 bridgehead atoms. The number of hydrogen-bond acceptors (Lipinski definition) is 4. The summed E-state index contributed by atoms with van der Waals surface area (Å²) in [6, 6.07) is 6.03. The van der Waals surface area contributed by atoms with Gasteiger partial charge < -0.3 is 19.9 Å². The Balaban J connectivity index is 2.26. The van der Waals surface area contributed by atoms with Gasteiger partial charge in [-0.2, -0.15) is 0 Å². The molecule has 1 aromatic carbocycles. The summed E-state index contributed by atoms with van der Waals surface area (Å²) in [6.45, 7) is 6.24. The van der Waals surface area contributed by atoms with Crippen molar-refractivity contribution in [3.63, 3.8) is 0 Å². The predicted molar refractivity (Wildman–Crippen MR) is 72.2 cm³/mol. The molecule has 1 rings (SSSR count). The van der Waals surface area contributed by atoms with Crippen LogP contribution in [0.25, 0.3) is 0 Å². The van der Waals surface area contributed by atoms with Gasteiger partial charge in [-0.15, -0.1) is 0 Å². The van der Waals surface area contributed by atoms with Crippen LogP contribution in [0.1, 0.15) is 11.1 Å². The lowest BCUT2D eigenvalue weighted by Gasteiger charge is -2.14. The number of benzene rings is 1. The molecule has 0 heterocycles. The highest BCUT2D eigenvalue weighted by molar-refractivity contribution is 5.32. The molecule has 1 unspecified atom stereocenters. The van der Waals surface area contributed by atoms with Gasteiger partial charge in [-0.3, -0.25) is 0 Å². The zero-order chi connectivity index (χ0) is 13.4. The van der Waals surface area contributed by atoms with Gasteiger partial charge in [0.25, 0.3) is 0 Å². The maximum atomic E-state index is 9.72. The van der Waals surface area contributed by atoms with Crippen molar-refractivity contribution >= 4 is 0 Å². The van der Waals surface area contributed by atoms with E-state index in [9.17, 15) is 5.11 Å². The first kappa shape index (κ1) is 15.0. The Labute approximate surface area is 109 Å². The Kier molecular flexibility index (Phi) is 6.72. The first-order valence-corrected chi connectivity index (χ1v) is 6.20. The molecule has 1 aromatic rings. The standard InChI is InChI=1S/C14H23NO3/c1-11-6-12(2)8-14(7-11)18-10-13(16)9-15-4-5-17-3/h6-8,13,15-16H,4-5,9-10H2,1-3H3. The average Bonchev–Trinajstić information content (AvgIpc) is 2.31. The minimum atomic E-state index is -0.511. The van der Waals surface area contributed by atoms with Crippen LogP contribution in [0.5, 0.6) is 5.75 Å². The predicted octanol–water partition coefficient (Wildman–Crippen LogP) is 1.28. The summed E-state index contributed by atoms with van der Waals surface area (Å²) in [5.74, 6) is 0.809. The minimum absolute atomic E-state index is 0.295. The number of aryl methyl sites for hydroxylation is 2. The first-order valence-electron chi connectivity index (χ1n) is 6.20. The van der Waals surface area contributed by atoms with Crippen molar-refractivity contribution < 1.29 is 14.6 Å². The van der Waals surface area contributed by atoms with E-state index in [1.54, 1.807) is 7.11 Å². The molecule has 0 fully saturated rings. The maximum absolute atomic E-state index is 9.72. The van der Waals surface area contributed by atoms with Crippen LogP contribution in [0.2, 0.25) is 0 Å². The molecule has 0 saturated carbocycles. The molecule has 4 heteroatoms. The van der Waals surface area contributed by atoms with Crippen LogP contribution in [0.3, 0.4) is 0 Å². The van der Waals surface area contributed by atoms with E-state index in [0.717, 1.165) is 23.4 Å². The molecular formula is C14H23NO3. The topological polar surface area (TPSA) is 50.7 Å². The van der Waals surface area contributed by atoms with Crippen molar-refractivity contribution in [1.82, 2.24) is 5.32 Å².